The van der Waals surface area contributed by atoms with Crippen LogP contribution in [0, 0.1) is 13.8 Å². The fourth-order valence-electron chi connectivity index (χ4n) is 8.24. The normalized spacial score (nSPS) is 15.8. The molecule has 0 aliphatic carbocycles. The summed E-state index contributed by atoms with van der Waals surface area (Å²) in [6.07, 6.45) is 8.20. The molecule has 0 spiro atoms. The molecule has 284 valence electrons. The zero-order valence-corrected chi connectivity index (χ0v) is 33.2. The molecule has 4 heterocycles. The summed E-state index contributed by atoms with van der Waals surface area (Å²) >= 11 is 0. The molecule has 0 atom stereocenters. The molecule has 8 rings (SSSR count). The zero-order chi connectivity index (χ0) is 36.0. The van der Waals surface area contributed by atoms with Crippen LogP contribution in [0.15, 0.2) is 109 Å². The summed E-state index contributed by atoms with van der Waals surface area (Å²) in [7, 11) is 3.43. The molecule has 2 saturated heterocycles. The highest BCUT2D eigenvalue weighted by atomic mass is 35.5. The van der Waals surface area contributed by atoms with Crippen LogP contribution in [-0.2, 0) is 10.8 Å². The van der Waals surface area contributed by atoms with Crippen LogP contribution in [0.1, 0.15) is 59.3 Å². The molecule has 6 aromatic rings. The third-order valence-corrected chi connectivity index (χ3v) is 11.4. The molecule has 2 aliphatic heterocycles. The molecular formula is C44H52Cl2N6O2. The second-order valence-electron chi connectivity index (χ2n) is 14.1. The Bertz CT molecular complexity index is 1880. The number of rotatable bonds is 8. The van der Waals surface area contributed by atoms with Crippen LogP contribution in [0.4, 0.5) is 0 Å². The quantitative estimate of drug-likeness (QED) is 0.124. The van der Waals surface area contributed by atoms with Gasteiger partial charge in [0.2, 0.25) is 0 Å². The summed E-state index contributed by atoms with van der Waals surface area (Å²) in [5.41, 5.74) is 12.6. The van der Waals surface area contributed by atoms with Crippen molar-refractivity contribution in [2.24, 2.45) is 0 Å². The highest BCUT2D eigenvalue weighted by Crippen LogP contribution is 2.43. The van der Waals surface area contributed by atoms with Crippen molar-refractivity contribution in [2.75, 3.05) is 40.4 Å². The van der Waals surface area contributed by atoms with Crippen molar-refractivity contribution in [3.63, 3.8) is 0 Å². The topological polar surface area (TPSA) is 99.9 Å². The van der Waals surface area contributed by atoms with Gasteiger partial charge in [0.1, 0.15) is 11.5 Å². The summed E-state index contributed by atoms with van der Waals surface area (Å²) in [5.74, 6) is 1.81. The summed E-state index contributed by atoms with van der Waals surface area (Å²) < 4.78 is 10.7. The van der Waals surface area contributed by atoms with Crippen LogP contribution in [0.25, 0.3) is 22.3 Å². The Hall–Kier alpha value is -4.60. The first-order chi connectivity index (χ1) is 25.5. The lowest BCUT2D eigenvalue weighted by Gasteiger charge is -2.39. The van der Waals surface area contributed by atoms with Gasteiger partial charge in [0, 0.05) is 33.3 Å². The minimum absolute atomic E-state index is 0. The molecule has 0 saturated carbocycles. The zero-order valence-electron chi connectivity index (χ0n) is 31.6. The van der Waals surface area contributed by atoms with Gasteiger partial charge in [-0.1, -0.05) is 72.8 Å². The number of halogens is 2. The maximum atomic E-state index is 5.34. The summed E-state index contributed by atoms with van der Waals surface area (Å²) in [6.45, 7) is 8.26. The molecule has 8 nitrogen and oxygen atoms in total. The molecule has 10 heteroatoms. The van der Waals surface area contributed by atoms with E-state index in [0.717, 1.165) is 74.7 Å². The third kappa shape index (κ3) is 8.22. The number of aryl methyl sites for hydroxylation is 2. The monoisotopic (exact) mass is 766 g/mol. The van der Waals surface area contributed by atoms with Gasteiger partial charge in [-0.15, -0.1) is 24.8 Å². The van der Waals surface area contributed by atoms with Gasteiger partial charge in [0.05, 0.1) is 26.6 Å². The van der Waals surface area contributed by atoms with Crippen LogP contribution in [0.3, 0.4) is 0 Å². The number of H-pyrrole nitrogens is 2. The predicted molar refractivity (Wildman–Crippen MR) is 224 cm³/mol. The lowest BCUT2D eigenvalue weighted by Crippen LogP contribution is -2.40. The molecule has 4 N–H and O–H groups in total. The van der Waals surface area contributed by atoms with Crippen LogP contribution in [0.5, 0.6) is 11.5 Å². The van der Waals surface area contributed by atoms with E-state index < -0.39 is 0 Å². The molecule has 0 amide bonds. The van der Waals surface area contributed by atoms with Gasteiger partial charge in [-0.2, -0.15) is 10.2 Å². The largest absolute Gasteiger partial charge is 0.497 e. The number of benzene rings is 4. The van der Waals surface area contributed by atoms with Gasteiger partial charge in [-0.25, -0.2) is 0 Å². The van der Waals surface area contributed by atoms with Gasteiger partial charge in [-0.05, 0) is 123 Å². The number of hydrogen-bond acceptors (Lipinski definition) is 6. The van der Waals surface area contributed by atoms with E-state index in [1.165, 1.54) is 44.5 Å². The Morgan fingerprint density at radius 2 is 0.759 bits per heavy atom. The average Bonchev–Trinajstić information content (AvgIpc) is 3.86. The predicted octanol–water partition coefficient (Wildman–Crippen LogP) is 8.97. The maximum absolute atomic E-state index is 5.34. The summed E-state index contributed by atoms with van der Waals surface area (Å²) in [6, 6.07) is 35.2. The fraction of sp³-hybridized carbons (Fsp3) is 0.318. The Morgan fingerprint density at radius 3 is 1.02 bits per heavy atom. The molecule has 0 bridgehead atoms. The van der Waals surface area contributed by atoms with Crippen LogP contribution >= 0.6 is 24.8 Å². The van der Waals surface area contributed by atoms with E-state index in [1.54, 1.807) is 14.2 Å². The lowest BCUT2D eigenvalue weighted by molar-refractivity contribution is 0.361. The van der Waals surface area contributed by atoms with Gasteiger partial charge in [0.25, 0.3) is 0 Å². The van der Waals surface area contributed by atoms with E-state index in [1.807, 2.05) is 12.4 Å². The van der Waals surface area contributed by atoms with E-state index in [0.29, 0.717) is 0 Å². The van der Waals surface area contributed by atoms with Crippen molar-refractivity contribution in [1.29, 1.82) is 0 Å². The minimum Gasteiger partial charge on any atom is -0.497 e. The van der Waals surface area contributed by atoms with Gasteiger partial charge >= 0.3 is 0 Å². The Morgan fingerprint density at radius 1 is 0.463 bits per heavy atom. The number of piperidine rings is 2. The number of hydrogen-bond donors (Lipinski definition) is 4. The minimum atomic E-state index is 0. The molecule has 54 heavy (non-hydrogen) atoms. The first-order valence-electron chi connectivity index (χ1n) is 18.4. The third-order valence-electron chi connectivity index (χ3n) is 11.4. The van der Waals surface area contributed by atoms with Gasteiger partial charge in [-0.3, -0.25) is 10.2 Å². The first-order valence-corrected chi connectivity index (χ1v) is 18.4. The van der Waals surface area contributed by atoms with E-state index in [-0.39, 0.29) is 35.6 Å². The van der Waals surface area contributed by atoms with E-state index in [4.69, 9.17) is 9.47 Å². The number of methoxy groups -OCH3 is 2. The second-order valence-corrected chi connectivity index (χ2v) is 14.1. The smallest absolute Gasteiger partial charge is 0.118 e. The van der Waals surface area contributed by atoms with Gasteiger partial charge < -0.3 is 20.1 Å². The van der Waals surface area contributed by atoms with Gasteiger partial charge in [0.15, 0.2) is 0 Å². The molecule has 2 aromatic heterocycles. The van der Waals surface area contributed by atoms with Crippen molar-refractivity contribution < 1.29 is 9.47 Å². The number of aromatic amines is 2. The van der Waals surface area contributed by atoms with E-state index in [9.17, 15) is 0 Å². The fourth-order valence-corrected chi connectivity index (χ4v) is 8.24. The molecule has 2 fully saturated rings. The average molecular weight is 768 g/mol. The first kappa shape index (κ1) is 40.6. The van der Waals surface area contributed by atoms with Crippen LogP contribution in [-0.4, -0.2) is 60.8 Å². The summed E-state index contributed by atoms with van der Waals surface area (Å²) in [5, 5.41) is 21.3. The van der Waals surface area contributed by atoms with E-state index in [2.05, 4.69) is 142 Å². The van der Waals surface area contributed by atoms with Crippen molar-refractivity contribution in [1.82, 2.24) is 31.0 Å². The molecule has 0 radical (unpaired) electrons. The molecule has 4 aromatic carbocycles. The van der Waals surface area contributed by atoms with Crippen molar-refractivity contribution in [3.05, 3.63) is 143 Å². The Kier molecular flexibility index (Phi) is 13.6. The Labute approximate surface area is 331 Å². The maximum Gasteiger partial charge on any atom is 0.118 e. The van der Waals surface area contributed by atoms with Crippen LogP contribution < -0.4 is 20.1 Å². The SMILES string of the molecule is COc1ccc(C2(c3ccc(-c4cn[nH]c4C)cc3)CCNCC2)cc1.COc1ccc(C2(c3ccc(-c4cn[nH]c4C)cc3)CCNCC2)cc1.Cl.Cl. The number of nitrogens with one attached hydrogen (secondary N) is 4. The second kappa shape index (κ2) is 18.2. The molecule has 0 unspecified atom stereocenters. The molecular weight excluding hydrogens is 715 g/mol. The number of aromatic nitrogens is 4. The lowest BCUT2D eigenvalue weighted by atomic mass is 9.68. The Balaban J connectivity index is 0.000000200. The highest BCUT2D eigenvalue weighted by molar-refractivity contribution is 5.85. The van der Waals surface area contributed by atoms with Crippen LogP contribution in [0.2, 0.25) is 0 Å². The standard InChI is InChI=1S/2C22H25N3O.2ClH/c2*1-16-21(15-24-25-16)17-3-5-18(6-4-17)22(11-13-23-14-12-22)19-7-9-20(26-2)10-8-19;;/h2*3-10,15,23H,11-14H2,1-2H3,(H,24,25);2*1H. The van der Waals surface area contributed by atoms with Crippen molar-refractivity contribution in [3.8, 4) is 33.8 Å². The highest BCUT2D eigenvalue weighted by Gasteiger charge is 2.37. The molecule has 2 aliphatic rings. The van der Waals surface area contributed by atoms with Crippen molar-refractivity contribution >= 4 is 24.8 Å². The summed E-state index contributed by atoms with van der Waals surface area (Å²) in [4.78, 5) is 0. The van der Waals surface area contributed by atoms with Crippen molar-refractivity contribution in [2.45, 2.75) is 50.4 Å². The van der Waals surface area contributed by atoms with E-state index >= 15 is 0 Å². The number of nitrogens with zero attached hydrogens (tertiary/aromatic N) is 2. The number of ether oxygens (including phenoxy) is 2.